The van der Waals surface area contributed by atoms with Crippen LogP contribution in [0.4, 0.5) is 5.69 Å². The maximum Gasteiger partial charge on any atom is 0.303 e. The van der Waals surface area contributed by atoms with Gasteiger partial charge in [0.05, 0.1) is 6.04 Å². The summed E-state index contributed by atoms with van der Waals surface area (Å²) >= 11 is 0. The molecule has 0 fully saturated rings. The molecular formula is C26H25NO4. The van der Waals surface area contributed by atoms with Crippen molar-refractivity contribution in [3.63, 3.8) is 0 Å². The second-order valence-electron chi connectivity index (χ2n) is 8.17. The molecule has 0 aliphatic carbocycles. The molecule has 3 aromatic rings. The number of ether oxygens (including phenoxy) is 2. The lowest BCUT2D eigenvalue weighted by Gasteiger charge is -2.44. The van der Waals surface area contributed by atoms with Crippen molar-refractivity contribution in [1.29, 1.82) is 0 Å². The molecule has 0 saturated carbocycles. The van der Waals surface area contributed by atoms with E-state index in [1.165, 1.54) is 6.92 Å². The van der Waals surface area contributed by atoms with Gasteiger partial charge in [-0.2, -0.15) is 0 Å². The van der Waals surface area contributed by atoms with Crippen molar-refractivity contribution in [3.8, 4) is 5.75 Å². The van der Waals surface area contributed by atoms with Crippen LogP contribution in [0.1, 0.15) is 48.3 Å². The first-order valence-electron chi connectivity index (χ1n) is 10.3. The summed E-state index contributed by atoms with van der Waals surface area (Å²) in [5, 5.41) is 3.49. The molecule has 1 aliphatic rings. The molecule has 1 heterocycles. The summed E-state index contributed by atoms with van der Waals surface area (Å²) in [5.74, 6) is 0.198. The Morgan fingerprint density at radius 3 is 2.19 bits per heavy atom. The molecule has 5 nitrogen and oxygen atoms in total. The lowest BCUT2D eigenvalue weighted by Crippen LogP contribution is -2.52. The Kier molecular flexibility index (Phi) is 5.51. The summed E-state index contributed by atoms with van der Waals surface area (Å²) in [5.41, 5.74) is 2.05. The number of carbonyl (C=O) groups excluding carboxylic acids is 2. The molecule has 0 amide bonds. The van der Waals surface area contributed by atoms with Crippen LogP contribution in [0.5, 0.6) is 5.75 Å². The number of esters is 1. The molecule has 0 spiro atoms. The van der Waals surface area contributed by atoms with E-state index in [0.717, 1.165) is 11.3 Å². The molecular weight excluding hydrogens is 390 g/mol. The summed E-state index contributed by atoms with van der Waals surface area (Å²) in [7, 11) is 0. The van der Waals surface area contributed by atoms with E-state index < -0.39 is 17.7 Å². The van der Waals surface area contributed by atoms with Gasteiger partial charge >= 0.3 is 5.97 Å². The smallest absolute Gasteiger partial charge is 0.303 e. The summed E-state index contributed by atoms with van der Waals surface area (Å²) < 4.78 is 11.9. The number of para-hydroxylation sites is 1. The Hall–Kier alpha value is -3.60. The highest BCUT2D eigenvalue weighted by atomic mass is 16.6. The van der Waals surface area contributed by atoms with E-state index in [9.17, 15) is 9.59 Å². The Morgan fingerprint density at radius 1 is 0.903 bits per heavy atom. The van der Waals surface area contributed by atoms with E-state index in [1.807, 2.05) is 74.5 Å². The molecule has 5 heteroatoms. The summed E-state index contributed by atoms with van der Waals surface area (Å²) in [4.78, 5) is 24.9. The minimum atomic E-state index is -0.768. The van der Waals surface area contributed by atoms with Crippen LogP contribution in [-0.4, -0.2) is 23.5 Å². The Morgan fingerprint density at radius 2 is 1.55 bits per heavy atom. The number of ketones is 1. The van der Waals surface area contributed by atoms with E-state index in [1.54, 1.807) is 18.2 Å². The van der Waals surface area contributed by atoms with Gasteiger partial charge in [-0.25, -0.2) is 0 Å². The maximum atomic E-state index is 13.0. The highest BCUT2D eigenvalue weighted by Gasteiger charge is 2.46. The minimum Gasteiger partial charge on any atom is -0.484 e. The molecule has 0 radical (unpaired) electrons. The fourth-order valence-electron chi connectivity index (χ4n) is 3.94. The first kappa shape index (κ1) is 20.7. The van der Waals surface area contributed by atoms with Crippen LogP contribution < -0.4 is 10.1 Å². The van der Waals surface area contributed by atoms with E-state index in [-0.39, 0.29) is 11.8 Å². The molecule has 2 atom stereocenters. The number of rotatable bonds is 5. The molecule has 0 saturated heterocycles. The predicted octanol–water partition coefficient (Wildman–Crippen LogP) is 5.17. The summed E-state index contributed by atoms with van der Waals surface area (Å²) in [6.45, 7) is 5.18. The van der Waals surface area contributed by atoms with Crippen molar-refractivity contribution < 1.29 is 19.1 Å². The van der Waals surface area contributed by atoms with Gasteiger partial charge in [0.15, 0.2) is 11.9 Å². The third-order valence-corrected chi connectivity index (χ3v) is 5.39. The summed E-state index contributed by atoms with van der Waals surface area (Å²) in [6, 6.07) is 23.9. The third-order valence-electron chi connectivity index (χ3n) is 5.39. The SMILES string of the molecule is CC(=O)OC1C(Nc2ccccc2)c2cc(C(=O)c3ccccc3)ccc2OC1(C)C. The van der Waals surface area contributed by atoms with Crippen LogP contribution in [-0.2, 0) is 9.53 Å². The van der Waals surface area contributed by atoms with Gasteiger partial charge in [-0.3, -0.25) is 9.59 Å². The molecule has 3 aromatic carbocycles. The number of fused-ring (bicyclic) bond motifs is 1. The third kappa shape index (κ3) is 4.31. The Bertz CT molecular complexity index is 1090. The topological polar surface area (TPSA) is 64.6 Å². The van der Waals surface area contributed by atoms with Crippen molar-refractivity contribution in [3.05, 3.63) is 95.6 Å². The number of benzene rings is 3. The molecule has 31 heavy (non-hydrogen) atoms. The molecule has 1 aliphatic heterocycles. The van der Waals surface area contributed by atoms with E-state index in [4.69, 9.17) is 9.47 Å². The first-order chi connectivity index (χ1) is 14.8. The van der Waals surface area contributed by atoms with E-state index in [0.29, 0.717) is 16.9 Å². The number of carbonyl (C=O) groups is 2. The zero-order chi connectivity index (χ0) is 22.0. The van der Waals surface area contributed by atoms with Crippen LogP contribution in [0, 0.1) is 0 Å². The predicted molar refractivity (Wildman–Crippen MR) is 119 cm³/mol. The van der Waals surface area contributed by atoms with Gasteiger partial charge in [-0.1, -0.05) is 48.5 Å². The molecule has 0 aromatic heterocycles. The van der Waals surface area contributed by atoms with Crippen LogP contribution in [0.15, 0.2) is 78.9 Å². The van der Waals surface area contributed by atoms with Crippen molar-refractivity contribution in [1.82, 2.24) is 0 Å². The highest BCUT2D eigenvalue weighted by Crippen LogP contribution is 2.43. The summed E-state index contributed by atoms with van der Waals surface area (Å²) in [6.07, 6.45) is -0.597. The van der Waals surface area contributed by atoms with Gasteiger partial charge < -0.3 is 14.8 Å². The van der Waals surface area contributed by atoms with Gasteiger partial charge in [-0.05, 0) is 44.2 Å². The van der Waals surface area contributed by atoms with Gasteiger partial charge in [0.1, 0.15) is 11.4 Å². The second-order valence-corrected chi connectivity index (χ2v) is 8.17. The Labute approximate surface area is 182 Å². The van der Waals surface area contributed by atoms with Crippen molar-refractivity contribution in [2.24, 2.45) is 0 Å². The Balaban J connectivity index is 1.79. The number of hydrogen-bond donors (Lipinski definition) is 1. The zero-order valence-electron chi connectivity index (χ0n) is 17.8. The highest BCUT2D eigenvalue weighted by molar-refractivity contribution is 6.09. The van der Waals surface area contributed by atoms with E-state index >= 15 is 0 Å². The largest absolute Gasteiger partial charge is 0.484 e. The number of anilines is 1. The standard InChI is InChI=1S/C26H25NO4/c1-17(28)30-25-23(27-20-12-8-5-9-13-20)21-16-19(14-15-22(21)31-26(25,2)3)24(29)18-10-6-4-7-11-18/h4-16,23,25,27H,1-3H3. The maximum absolute atomic E-state index is 13.0. The fourth-order valence-corrected chi connectivity index (χ4v) is 3.94. The number of hydrogen-bond acceptors (Lipinski definition) is 5. The zero-order valence-corrected chi connectivity index (χ0v) is 17.8. The fraction of sp³-hybridized carbons (Fsp3) is 0.231. The molecule has 158 valence electrons. The van der Waals surface area contributed by atoms with Crippen LogP contribution in [0.25, 0.3) is 0 Å². The first-order valence-corrected chi connectivity index (χ1v) is 10.3. The second kappa shape index (κ2) is 8.26. The van der Waals surface area contributed by atoms with Gasteiger partial charge in [-0.15, -0.1) is 0 Å². The molecule has 2 unspecified atom stereocenters. The molecule has 1 N–H and O–H groups in total. The van der Waals surface area contributed by atoms with Gasteiger partial charge in [0, 0.05) is 29.3 Å². The lowest BCUT2D eigenvalue weighted by molar-refractivity contribution is -0.160. The molecule has 4 rings (SSSR count). The molecule has 0 bridgehead atoms. The van der Waals surface area contributed by atoms with Crippen molar-refractivity contribution >= 4 is 17.4 Å². The van der Waals surface area contributed by atoms with E-state index in [2.05, 4.69) is 5.32 Å². The normalized spacial score (nSPS) is 18.9. The van der Waals surface area contributed by atoms with Crippen molar-refractivity contribution in [2.75, 3.05) is 5.32 Å². The van der Waals surface area contributed by atoms with Crippen molar-refractivity contribution in [2.45, 2.75) is 38.5 Å². The minimum absolute atomic E-state index is 0.0734. The monoisotopic (exact) mass is 415 g/mol. The quantitative estimate of drug-likeness (QED) is 0.460. The van der Waals surface area contributed by atoms with Gasteiger partial charge in [0.2, 0.25) is 0 Å². The number of nitrogens with one attached hydrogen (secondary N) is 1. The van der Waals surface area contributed by atoms with Gasteiger partial charge in [0.25, 0.3) is 0 Å². The van der Waals surface area contributed by atoms with Crippen LogP contribution in [0.2, 0.25) is 0 Å². The lowest BCUT2D eigenvalue weighted by atomic mass is 9.84. The van der Waals surface area contributed by atoms with Crippen LogP contribution in [0.3, 0.4) is 0 Å². The average molecular weight is 415 g/mol. The van der Waals surface area contributed by atoms with Crippen LogP contribution >= 0.6 is 0 Å². The average Bonchev–Trinajstić information content (AvgIpc) is 2.76.